The van der Waals surface area contributed by atoms with Crippen LogP contribution < -0.4 is 0 Å². The first kappa shape index (κ1) is 125. The quantitative estimate of drug-likeness (QED) is 0.0420. The fourth-order valence-electron chi connectivity index (χ4n) is 9.96. The topological polar surface area (TPSA) is 148 Å². The molecule has 0 N–H and O–H groups in total. The van der Waals surface area contributed by atoms with Gasteiger partial charge in [-0.15, -0.1) is 0 Å². The van der Waals surface area contributed by atoms with Crippen LogP contribution in [-0.2, 0) is 75.8 Å². The maximum Gasteiger partial charge on any atom is 0.139 e. The SMILES string of the molecule is C=COCC(C)(CC)CC.C=COCC(C)(CC)OC=C.C=COCC(C)CCCC(C)(CC)OC=C.C=COCC(CC)C(C)C.C=COCC(OC=C)C(C)C.C=COCCCC(CC)CCOC=C.C=COCCCCC(C)OC=C.C=COCCCCCC(CC)OC=C.C=COCCCCCCC(C)CCOC=C. The summed E-state index contributed by atoms with van der Waals surface area (Å²) in [6, 6.07) is 0. The Bertz CT molecular complexity index is 2120. The Balaban J connectivity index is -0.000000156. The summed E-state index contributed by atoms with van der Waals surface area (Å²) in [5, 5.41) is 0. The van der Waals surface area contributed by atoms with Crippen LogP contribution in [0.3, 0.4) is 0 Å². The monoisotopic (exact) mass is 1620 g/mol. The normalized spacial score (nSPS) is 12.8. The zero-order valence-corrected chi connectivity index (χ0v) is 76.9. The van der Waals surface area contributed by atoms with Gasteiger partial charge >= 0.3 is 0 Å². The van der Waals surface area contributed by atoms with Crippen molar-refractivity contribution in [3.8, 4) is 0 Å². The lowest BCUT2D eigenvalue weighted by molar-refractivity contribution is -0.0189. The van der Waals surface area contributed by atoms with Crippen molar-refractivity contribution in [2.24, 2.45) is 40.9 Å². The van der Waals surface area contributed by atoms with Gasteiger partial charge in [-0.3, -0.25) is 0 Å². The van der Waals surface area contributed by atoms with E-state index >= 15 is 0 Å². The van der Waals surface area contributed by atoms with E-state index in [1.165, 1.54) is 152 Å². The predicted octanol–water partition coefficient (Wildman–Crippen LogP) is 29.2. The number of hydrogen-bond acceptors (Lipinski definition) is 16. The van der Waals surface area contributed by atoms with E-state index in [1.807, 2.05) is 20.8 Å². The summed E-state index contributed by atoms with van der Waals surface area (Å²) in [5.41, 5.74) is 0.0187. The number of unbranched alkanes of at least 4 members (excludes halogenated alkanes) is 6. The van der Waals surface area contributed by atoms with Gasteiger partial charge in [0.1, 0.15) is 30.5 Å². The van der Waals surface area contributed by atoms with Gasteiger partial charge in [0.25, 0.3) is 0 Å². The number of hydrogen-bond donors (Lipinski definition) is 0. The molecule has 0 heterocycles. The molecule has 0 radical (unpaired) electrons. The molecule has 0 amide bonds. The van der Waals surface area contributed by atoms with Crippen molar-refractivity contribution >= 4 is 0 Å². The van der Waals surface area contributed by atoms with E-state index in [0.29, 0.717) is 48.4 Å². The van der Waals surface area contributed by atoms with Crippen molar-refractivity contribution in [2.75, 3.05) is 72.7 Å². The Morgan fingerprint density at radius 3 is 1.11 bits per heavy atom. The Morgan fingerprint density at radius 2 is 0.684 bits per heavy atom. The summed E-state index contributed by atoms with van der Waals surface area (Å²) in [5.74, 6) is 3.88. The van der Waals surface area contributed by atoms with E-state index in [1.54, 1.807) is 6.26 Å². The summed E-state index contributed by atoms with van der Waals surface area (Å²) >= 11 is 0. The highest BCUT2D eigenvalue weighted by atomic mass is 16.5. The Hall–Kier alpha value is -7.36. The zero-order valence-electron chi connectivity index (χ0n) is 76.9. The van der Waals surface area contributed by atoms with E-state index in [0.717, 1.165) is 180 Å². The van der Waals surface area contributed by atoms with Crippen LogP contribution in [0.1, 0.15) is 285 Å². The molecule has 0 aliphatic carbocycles. The standard InChI is InChI=1S/2C14H26O2.2C12H22O2.C10H18O2.2C9H16O2.2C9H18O/c1-6-14(5,16-8-3)11-9-10-13(4)12-15-7-2;1-4-15-12-9-7-6-8-10-14(3)11-13-16-5-2;1-4-12(9-11-14-6-3)8-7-10-13-5-2;1-4-12(14-6-3)10-8-7-9-11-13-5-2;1-4-11-9-7-6-8-10(3)12-5-2;1-5-10-7-9(8(3)4)11-6-2;1-5-9(4,11-7-3)8-10-6-2;1-5-9(8(3)4)7-10-6-2;1-5-9(4,6-2)8-10-7-3/h7-8,13H,2-3,6,9-12H2,1,4-5H3;4-5,14H,1-2,6-13H2,3H3;2*5-6,12H,2-4,7-11H2,1H3;4-5,10H,1-2,6-9H2,3H3;5-6,8-9H,1-2,7H2,3-4H3;6-7H,2-3,5,8H2,1,4H3;6,8-9H,2,5,7H2,1,3-4H3;7H,3,5-6,8H2,1-2,4H3. The highest BCUT2D eigenvalue weighted by molar-refractivity contribution is 4.79. The third kappa shape index (κ3) is 103. The molecule has 114 heavy (non-hydrogen) atoms. The van der Waals surface area contributed by atoms with Crippen LogP contribution in [-0.4, -0.2) is 102 Å². The van der Waals surface area contributed by atoms with Crippen LogP contribution in [0, 0.1) is 40.9 Å². The summed E-state index contributed by atoms with van der Waals surface area (Å²) in [6.45, 7) is 101. The van der Waals surface area contributed by atoms with E-state index in [-0.39, 0.29) is 23.4 Å². The Kier molecular flexibility index (Phi) is 111. The third-order valence-electron chi connectivity index (χ3n) is 18.9. The molecule has 0 aromatic heterocycles. The fraction of sp³-hybridized carbons (Fsp3) is 0.673. The fourth-order valence-corrected chi connectivity index (χ4v) is 9.96. The van der Waals surface area contributed by atoms with E-state index in [4.69, 9.17) is 75.8 Å². The number of rotatable bonds is 72. The molecule has 16 nitrogen and oxygen atoms in total. The molecule has 0 bridgehead atoms. The van der Waals surface area contributed by atoms with Gasteiger partial charge in [-0.1, -0.05) is 234 Å². The maximum absolute atomic E-state index is 5.56. The molecule has 670 valence electrons. The van der Waals surface area contributed by atoms with Gasteiger partial charge in [0.05, 0.1) is 172 Å². The highest BCUT2D eigenvalue weighted by Crippen LogP contribution is 2.27. The van der Waals surface area contributed by atoms with Gasteiger partial charge in [-0.05, 0) is 191 Å². The van der Waals surface area contributed by atoms with Gasteiger partial charge in [-0.25, -0.2) is 0 Å². The van der Waals surface area contributed by atoms with Gasteiger partial charge in [0.2, 0.25) is 0 Å². The average molecular weight is 1620 g/mol. The second kappa shape index (κ2) is 102. The Labute approximate surface area is 705 Å². The molecular weight excluding hydrogens is 1430 g/mol. The predicted molar refractivity (Wildman–Crippen MR) is 491 cm³/mol. The second-order valence-electron chi connectivity index (χ2n) is 29.0. The molecule has 16 heteroatoms. The molecule has 0 aliphatic rings. The molecule has 0 rings (SSSR count). The van der Waals surface area contributed by atoms with Gasteiger partial charge in [0, 0.05) is 5.41 Å². The van der Waals surface area contributed by atoms with Crippen LogP contribution in [0.2, 0.25) is 0 Å². The minimum absolute atomic E-state index is 0.0548. The van der Waals surface area contributed by atoms with Crippen molar-refractivity contribution < 1.29 is 75.8 Å². The zero-order chi connectivity index (χ0) is 88.5. The van der Waals surface area contributed by atoms with E-state index in [2.05, 4.69) is 202 Å². The minimum atomic E-state index is -0.268. The van der Waals surface area contributed by atoms with Crippen LogP contribution >= 0.6 is 0 Å². The van der Waals surface area contributed by atoms with Crippen molar-refractivity contribution in [1.82, 2.24) is 0 Å². The summed E-state index contributed by atoms with van der Waals surface area (Å²) < 4.78 is 82.3. The van der Waals surface area contributed by atoms with Gasteiger partial charge in [-0.2, -0.15) is 0 Å². The van der Waals surface area contributed by atoms with Crippen molar-refractivity contribution in [3.63, 3.8) is 0 Å². The van der Waals surface area contributed by atoms with Crippen molar-refractivity contribution in [2.45, 2.75) is 314 Å². The second-order valence-corrected chi connectivity index (χ2v) is 29.0. The largest absolute Gasteiger partial charge is 0.502 e. The lowest BCUT2D eigenvalue weighted by atomic mass is 9.86. The molecule has 0 aromatic rings. The molecule has 0 aromatic carbocycles. The first-order chi connectivity index (χ1) is 54.7. The molecule has 0 aliphatic heterocycles. The molecule has 9 atom stereocenters. The first-order valence-corrected chi connectivity index (χ1v) is 42.5. The summed E-state index contributed by atoms with van der Waals surface area (Å²) in [4.78, 5) is 0. The average Bonchev–Trinajstić information content (AvgIpc) is 0.923. The molecule has 0 spiro atoms. The molecule has 0 fully saturated rings. The van der Waals surface area contributed by atoms with Crippen molar-refractivity contribution in [1.29, 1.82) is 0 Å². The van der Waals surface area contributed by atoms with Crippen LogP contribution in [0.25, 0.3) is 0 Å². The lowest BCUT2D eigenvalue weighted by Crippen LogP contribution is -2.31. The maximum atomic E-state index is 5.56. The van der Waals surface area contributed by atoms with E-state index < -0.39 is 0 Å². The third-order valence-corrected chi connectivity index (χ3v) is 18.9. The molecular formula is C98H182O16. The van der Waals surface area contributed by atoms with Gasteiger partial charge < -0.3 is 75.8 Å². The van der Waals surface area contributed by atoms with Crippen molar-refractivity contribution in [3.05, 3.63) is 205 Å². The van der Waals surface area contributed by atoms with Crippen LogP contribution in [0.5, 0.6) is 0 Å². The smallest absolute Gasteiger partial charge is 0.139 e. The van der Waals surface area contributed by atoms with Gasteiger partial charge in [0.15, 0.2) is 0 Å². The van der Waals surface area contributed by atoms with Crippen LogP contribution in [0.15, 0.2) is 205 Å². The minimum Gasteiger partial charge on any atom is -0.502 e. The molecule has 0 saturated heterocycles. The summed E-state index contributed by atoms with van der Waals surface area (Å²) in [7, 11) is 0. The Morgan fingerprint density at radius 1 is 0.281 bits per heavy atom. The lowest BCUT2D eigenvalue weighted by Gasteiger charge is -2.28. The summed E-state index contributed by atoms with van der Waals surface area (Å²) in [6.07, 6.45) is 54.2. The number of ether oxygens (including phenoxy) is 16. The highest BCUT2D eigenvalue weighted by Gasteiger charge is 2.24. The van der Waals surface area contributed by atoms with Crippen LogP contribution in [0.4, 0.5) is 0 Å². The first-order valence-electron chi connectivity index (χ1n) is 42.5. The molecule has 9 unspecified atom stereocenters. The van der Waals surface area contributed by atoms with E-state index in [9.17, 15) is 0 Å². The molecule has 0 saturated carbocycles.